The highest BCUT2D eigenvalue weighted by molar-refractivity contribution is 8.14. The summed E-state index contributed by atoms with van der Waals surface area (Å²) >= 11 is 0.903. The van der Waals surface area contributed by atoms with E-state index in [2.05, 4.69) is 5.32 Å². The van der Waals surface area contributed by atoms with Gasteiger partial charge in [-0.05, 0) is 13.8 Å². The Balaban J connectivity index is 4.01. The Hall–Kier alpha value is -1.11. The molecule has 86 valence electrons. The van der Waals surface area contributed by atoms with Crippen molar-refractivity contribution in [3.8, 4) is 0 Å². The average molecular weight is 234 g/mol. The van der Waals surface area contributed by atoms with E-state index in [0.29, 0.717) is 0 Å². The predicted molar refractivity (Wildman–Crippen MR) is 57.2 cm³/mol. The Bertz CT molecular complexity index is 269. The van der Waals surface area contributed by atoms with Gasteiger partial charge < -0.3 is 5.32 Å². The summed E-state index contributed by atoms with van der Waals surface area (Å²) in [4.78, 5) is 31.7. The molecule has 0 rings (SSSR count). The van der Waals surface area contributed by atoms with Gasteiger partial charge in [-0.25, -0.2) is 0 Å². The first kappa shape index (κ1) is 13.9. The van der Waals surface area contributed by atoms with E-state index in [0.717, 1.165) is 11.8 Å². The molecular formula is C8H14N2O4S. The number of carbonyl (C=O) groups excluding carboxylic acids is 2. The van der Waals surface area contributed by atoms with Crippen molar-refractivity contribution in [2.45, 2.75) is 32.1 Å². The standard InChI is InChI=1S/C8H14N2O4S/c1-5(4-10(13)14)9-8(12)6(2)15-7(3)11/h5-6H,4H2,1-3H3,(H,9,12). The minimum absolute atomic E-state index is 0.153. The van der Waals surface area contributed by atoms with E-state index in [1.807, 2.05) is 0 Å². The van der Waals surface area contributed by atoms with Gasteiger partial charge in [-0.2, -0.15) is 0 Å². The third kappa shape index (κ3) is 6.89. The number of amides is 1. The molecule has 0 saturated heterocycles. The van der Waals surface area contributed by atoms with E-state index in [4.69, 9.17) is 0 Å². The summed E-state index contributed by atoms with van der Waals surface area (Å²) < 4.78 is 0. The molecule has 0 fully saturated rings. The van der Waals surface area contributed by atoms with E-state index in [-0.39, 0.29) is 17.6 Å². The molecule has 0 aliphatic rings. The van der Waals surface area contributed by atoms with Crippen LogP contribution in [0.25, 0.3) is 0 Å². The Morgan fingerprint density at radius 2 is 2.00 bits per heavy atom. The first-order valence-electron chi connectivity index (χ1n) is 4.42. The van der Waals surface area contributed by atoms with Crippen LogP contribution in [0.15, 0.2) is 0 Å². The molecule has 0 aromatic carbocycles. The normalized spacial score (nSPS) is 14.1. The predicted octanol–water partition coefficient (Wildman–Crippen LogP) is 0.436. The van der Waals surface area contributed by atoms with Crippen LogP contribution in [-0.2, 0) is 9.59 Å². The quantitative estimate of drug-likeness (QED) is 0.550. The average Bonchev–Trinajstić information content (AvgIpc) is 2.00. The summed E-state index contributed by atoms with van der Waals surface area (Å²) in [5.74, 6) is -0.357. The van der Waals surface area contributed by atoms with E-state index in [9.17, 15) is 19.7 Å². The topological polar surface area (TPSA) is 89.3 Å². The van der Waals surface area contributed by atoms with Crippen LogP contribution in [0.3, 0.4) is 0 Å². The monoisotopic (exact) mass is 234 g/mol. The SMILES string of the molecule is CC(=O)SC(C)C(=O)NC(C)C[N+](=O)[O-]. The number of thioether (sulfide) groups is 1. The summed E-state index contributed by atoms with van der Waals surface area (Å²) in [6, 6.07) is -0.525. The van der Waals surface area contributed by atoms with Gasteiger partial charge in [0.1, 0.15) is 0 Å². The lowest BCUT2D eigenvalue weighted by Crippen LogP contribution is -2.41. The van der Waals surface area contributed by atoms with Crippen LogP contribution in [0.2, 0.25) is 0 Å². The van der Waals surface area contributed by atoms with Crippen molar-refractivity contribution in [3.63, 3.8) is 0 Å². The summed E-state index contributed by atoms with van der Waals surface area (Å²) in [5.41, 5.74) is 0. The lowest BCUT2D eigenvalue weighted by Gasteiger charge is -2.13. The lowest BCUT2D eigenvalue weighted by atomic mass is 10.3. The van der Waals surface area contributed by atoms with Gasteiger partial charge >= 0.3 is 0 Å². The first-order valence-corrected chi connectivity index (χ1v) is 5.30. The van der Waals surface area contributed by atoms with Crippen molar-refractivity contribution in [3.05, 3.63) is 10.1 Å². The summed E-state index contributed by atoms with van der Waals surface area (Å²) in [6.45, 7) is 4.18. The number of hydrogen-bond donors (Lipinski definition) is 1. The highest BCUT2D eigenvalue weighted by atomic mass is 32.2. The van der Waals surface area contributed by atoms with Crippen LogP contribution in [0.4, 0.5) is 0 Å². The second-order valence-electron chi connectivity index (χ2n) is 3.18. The maximum atomic E-state index is 11.4. The molecule has 0 aromatic rings. The molecule has 0 heterocycles. The Morgan fingerprint density at radius 1 is 1.47 bits per heavy atom. The number of hydrogen-bond acceptors (Lipinski definition) is 5. The molecule has 1 N–H and O–H groups in total. The molecule has 0 saturated carbocycles. The third-order valence-electron chi connectivity index (χ3n) is 1.52. The summed E-state index contributed by atoms with van der Waals surface area (Å²) in [6.07, 6.45) is 0. The highest BCUT2D eigenvalue weighted by Gasteiger charge is 2.19. The molecule has 0 radical (unpaired) electrons. The fourth-order valence-corrected chi connectivity index (χ4v) is 1.60. The molecule has 0 aliphatic carbocycles. The van der Waals surface area contributed by atoms with Crippen LogP contribution >= 0.6 is 11.8 Å². The fourth-order valence-electron chi connectivity index (χ4n) is 0.932. The number of carbonyl (C=O) groups is 2. The molecule has 2 unspecified atom stereocenters. The number of nitro groups is 1. The van der Waals surface area contributed by atoms with Crippen molar-refractivity contribution < 1.29 is 14.5 Å². The van der Waals surface area contributed by atoms with Crippen LogP contribution in [0.5, 0.6) is 0 Å². The van der Waals surface area contributed by atoms with Gasteiger partial charge in [-0.15, -0.1) is 0 Å². The third-order valence-corrected chi connectivity index (χ3v) is 2.42. The maximum Gasteiger partial charge on any atom is 0.233 e. The molecular weight excluding hydrogens is 220 g/mol. The van der Waals surface area contributed by atoms with Crippen molar-refractivity contribution in [1.29, 1.82) is 0 Å². The van der Waals surface area contributed by atoms with E-state index >= 15 is 0 Å². The number of nitrogens with one attached hydrogen (secondary N) is 1. The zero-order valence-electron chi connectivity index (χ0n) is 8.85. The highest BCUT2D eigenvalue weighted by Crippen LogP contribution is 2.10. The Morgan fingerprint density at radius 3 is 2.40 bits per heavy atom. The largest absolute Gasteiger partial charge is 0.346 e. The molecule has 1 amide bonds. The smallest absolute Gasteiger partial charge is 0.233 e. The molecule has 2 atom stereocenters. The van der Waals surface area contributed by atoms with Gasteiger partial charge in [0.2, 0.25) is 12.5 Å². The summed E-state index contributed by atoms with van der Waals surface area (Å²) in [5, 5.41) is 11.9. The second kappa shape index (κ2) is 6.39. The van der Waals surface area contributed by atoms with Crippen LogP contribution in [0.1, 0.15) is 20.8 Å². The van der Waals surface area contributed by atoms with Gasteiger partial charge in [0, 0.05) is 11.8 Å². The Kier molecular flexibility index (Phi) is 5.92. The zero-order chi connectivity index (χ0) is 12.0. The van der Waals surface area contributed by atoms with Crippen LogP contribution < -0.4 is 5.32 Å². The van der Waals surface area contributed by atoms with Crippen molar-refractivity contribution >= 4 is 22.8 Å². The zero-order valence-corrected chi connectivity index (χ0v) is 9.67. The van der Waals surface area contributed by atoms with Crippen molar-refractivity contribution in [1.82, 2.24) is 5.32 Å². The number of nitrogens with zero attached hydrogens (tertiary/aromatic N) is 1. The summed E-state index contributed by atoms with van der Waals surface area (Å²) in [7, 11) is 0. The Labute approximate surface area is 91.9 Å². The van der Waals surface area contributed by atoms with E-state index < -0.39 is 16.2 Å². The molecule has 0 aliphatic heterocycles. The second-order valence-corrected chi connectivity index (χ2v) is 4.69. The minimum Gasteiger partial charge on any atom is -0.346 e. The van der Waals surface area contributed by atoms with Crippen molar-refractivity contribution in [2.75, 3.05) is 6.54 Å². The first-order chi connectivity index (χ1) is 6.82. The van der Waals surface area contributed by atoms with Crippen molar-refractivity contribution in [2.24, 2.45) is 0 Å². The minimum atomic E-state index is -0.525. The molecule has 0 aromatic heterocycles. The number of rotatable bonds is 5. The van der Waals surface area contributed by atoms with Crippen LogP contribution in [-0.4, -0.2) is 33.8 Å². The van der Waals surface area contributed by atoms with Gasteiger partial charge in [-0.1, -0.05) is 11.8 Å². The van der Waals surface area contributed by atoms with E-state index in [1.165, 1.54) is 6.92 Å². The van der Waals surface area contributed by atoms with Gasteiger partial charge in [0.15, 0.2) is 5.12 Å². The fraction of sp³-hybridized carbons (Fsp3) is 0.750. The van der Waals surface area contributed by atoms with Gasteiger partial charge in [-0.3, -0.25) is 19.7 Å². The van der Waals surface area contributed by atoms with Crippen LogP contribution in [0, 0.1) is 10.1 Å². The lowest BCUT2D eigenvalue weighted by molar-refractivity contribution is -0.482. The van der Waals surface area contributed by atoms with Gasteiger partial charge in [0.25, 0.3) is 0 Å². The van der Waals surface area contributed by atoms with E-state index in [1.54, 1.807) is 13.8 Å². The maximum absolute atomic E-state index is 11.4. The van der Waals surface area contributed by atoms with Gasteiger partial charge in [0.05, 0.1) is 11.3 Å². The molecule has 0 spiro atoms. The molecule has 6 nitrogen and oxygen atoms in total. The molecule has 15 heavy (non-hydrogen) atoms. The molecule has 7 heteroatoms. The molecule has 0 bridgehead atoms.